The van der Waals surface area contributed by atoms with Crippen LogP contribution in [0.2, 0.25) is 5.02 Å². The maximum atomic E-state index is 13.3. The molecule has 0 spiro atoms. The lowest BCUT2D eigenvalue weighted by Gasteiger charge is -2.23. The van der Waals surface area contributed by atoms with Crippen molar-refractivity contribution in [3.05, 3.63) is 53.1 Å². The van der Waals surface area contributed by atoms with E-state index in [2.05, 4.69) is 10.3 Å². The van der Waals surface area contributed by atoms with E-state index in [0.717, 1.165) is 43.9 Å². The highest BCUT2D eigenvalue weighted by Crippen LogP contribution is 2.38. The van der Waals surface area contributed by atoms with Crippen molar-refractivity contribution >= 4 is 51.7 Å². The van der Waals surface area contributed by atoms with Gasteiger partial charge >= 0.3 is 6.18 Å². The molecule has 1 heterocycles. The van der Waals surface area contributed by atoms with Crippen LogP contribution in [0.25, 0.3) is 0 Å². The van der Waals surface area contributed by atoms with Gasteiger partial charge in [0, 0.05) is 12.5 Å². The van der Waals surface area contributed by atoms with Crippen LogP contribution >= 0.6 is 23.4 Å². The van der Waals surface area contributed by atoms with Crippen LogP contribution in [0, 0.1) is 0 Å². The Labute approximate surface area is 216 Å². The number of aliphatic imine (C=N–C) groups is 1. The van der Waals surface area contributed by atoms with Gasteiger partial charge in [-0.25, -0.2) is 4.99 Å². The average Bonchev–Trinajstić information content (AvgIpc) is 3.44. The van der Waals surface area contributed by atoms with Gasteiger partial charge in [-0.05, 0) is 62.2 Å². The van der Waals surface area contributed by atoms with Gasteiger partial charge in [0.1, 0.15) is 11.0 Å². The lowest BCUT2D eigenvalue weighted by Crippen LogP contribution is -2.40. The minimum Gasteiger partial charge on any atom is -0.494 e. The number of nitrogens with zero attached hydrogens (tertiary/aromatic N) is 2. The van der Waals surface area contributed by atoms with Crippen molar-refractivity contribution in [2.24, 2.45) is 4.99 Å². The molecule has 36 heavy (non-hydrogen) atoms. The molecule has 1 atom stereocenters. The molecule has 1 saturated carbocycles. The van der Waals surface area contributed by atoms with Gasteiger partial charge in [-0.1, -0.05) is 36.2 Å². The molecule has 2 amide bonds. The summed E-state index contributed by atoms with van der Waals surface area (Å²) in [7, 11) is 0. The third-order valence-corrected chi connectivity index (χ3v) is 7.45. The zero-order valence-electron chi connectivity index (χ0n) is 19.5. The molecule has 2 aliphatic rings. The van der Waals surface area contributed by atoms with Crippen LogP contribution in [0.4, 0.5) is 24.5 Å². The zero-order valence-corrected chi connectivity index (χ0v) is 21.1. The number of carbonyl (C=O) groups is 2. The number of benzene rings is 2. The second-order valence-electron chi connectivity index (χ2n) is 8.52. The van der Waals surface area contributed by atoms with Crippen molar-refractivity contribution in [1.82, 2.24) is 4.90 Å². The van der Waals surface area contributed by atoms with Gasteiger partial charge in [0.25, 0.3) is 0 Å². The maximum absolute atomic E-state index is 13.3. The van der Waals surface area contributed by atoms with E-state index in [1.807, 2.05) is 6.92 Å². The number of nitrogens with one attached hydrogen (secondary N) is 1. The first kappa shape index (κ1) is 26.3. The standard InChI is InChI=1S/C25H25ClF3N3O3S/c1-2-35-18-10-8-16(9-11-18)30-24-32(17-5-3-4-6-17)23(34)21(36-24)14-22(33)31-20-13-15(25(27,28)29)7-12-19(20)26/h7-13,17,21H,2-6,14H2,1H3,(H,31,33)/t21-/m0/s1. The molecule has 11 heteroatoms. The molecule has 1 saturated heterocycles. The monoisotopic (exact) mass is 539 g/mol. The van der Waals surface area contributed by atoms with Gasteiger partial charge in [0.15, 0.2) is 5.17 Å². The Kier molecular flexibility index (Phi) is 8.14. The molecule has 0 aromatic heterocycles. The second-order valence-corrected chi connectivity index (χ2v) is 10.1. The first-order valence-electron chi connectivity index (χ1n) is 11.6. The Morgan fingerprint density at radius 2 is 1.89 bits per heavy atom. The third-order valence-electron chi connectivity index (χ3n) is 5.97. The van der Waals surface area contributed by atoms with E-state index >= 15 is 0 Å². The molecular weight excluding hydrogens is 515 g/mol. The Bertz CT molecular complexity index is 1150. The van der Waals surface area contributed by atoms with Crippen LogP contribution in [-0.4, -0.2) is 39.8 Å². The van der Waals surface area contributed by atoms with Gasteiger partial charge in [0.05, 0.1) is 28.6 Å². The molecule has 0 radical (unpaired) electrons. The van der Waals surface area contributed by atoms with E-state index in [9.17, 15) is 22.8 Å². The summed E-state index contributed by atoms with van der Waals surface area (Å²) in [5.41, 5.74) is -0.425. The van der Waals surface area contributed by atoms with Gasteiger partial charge in [-0.15, -0.1) is 0 Å². The lowest BCUT2D eigenvalue weighted by molar-refractivity contribution is -0.137. The van der Waals surface area contributed by atoms with Crippen molar-refractivity contribution in [3.63, 3.8) is 0 Å². The lowest BCUT2D eigenvalue weighted by atomic mass is 10.1. The minimum atomic E-state index is -4.57. The second kappa shape index (κ2) is 11.1. The smallest absolute Gasteiger partial charge is 0.416 e. The Balaban J connectivity index is 1.51. The Hall–Kier alpha value is -2.72. The van der Waals surface area contributed by atoms with Crippen LogP contribution in [0.1, 0.15) is 44.6 Å². The number of amides is 2. The number of anilines is 1. The molecule has 6 nitrogen and oxygen atoms in total. The highest BCUT2D eigenvalue weighted by molar-refractivity contribution is 8.15. The summed E-state index contributed by atoms with van der Waals surface area (Å²) in [6.45, 7) is 2.44. The molecule has 2 aromatic rings. The minimum absolute atomic E-state index is 0.0115. The summed E-state index contributed by atoms with van der Waals surface area (Å²) < 4.78 is 44.6. The third kappa shape index (κ3) is 6.15. The van der Waals surface area contributed by atoms with E-state index in [1.165, 1.54) is 11.8 Å². The SMILES string of the molecule is CCOc1ccc(N=C2S[C@@H](CC(=O)Nc3cc(C(F)(F)F)ccc3Cl)C(=O)N2C2CCCC2)cc1. The summed E-state index contributed by atoms with van der Waals surface area (Å²) in [5, 5.41) is 2.19. The average molecular weight is 540 g/mol. The predicted molar refractivity (Wildman–Crippen MR) is 135 cm³/mol. The van der Waals surface area contributed by atoms with Crippen LogP contribution in [-0.2, 0) is 15.8 Å². The highest BCUT2D eigenvalue weighted by Gasteiger charge is 2.43. The quantitative estimate of drug-likeness (QED) is 0.427. The molecular formula is C25H25ClF3N3O3S. The van der Waals surface area contributed by atoms with Crippen LogP contribution in [0.15, 0.2) is 47.5 Å². The number of ether oxygens (including phenoxy) is 1. The van der Waals surface area contributed by atoms with Gasteiger partial charge in [-0.2, -0.15) is 13.2 Å². The van der Waals surface area contributed by atoms with Gasteiger partial charge in [-0.3, -0.25) is 14.5 Å². The van der Waals surface area contributed by atoms with Crippen molar-refractivity contribution in [2.75, 3.05) is 11.9 Å². The number of alkyl halides is 3. The summed E-state index contributed by atoms with van der Waals surface area (Å²) in [4.78, 5) is 32.4. The van der Waals surface area contributed by atoms with Crippen molar-refractivity contribution in [2.45, 2.75) is 56.5 Å². The van der Waals surface area contributed by atoms with E-state index in [0.29, 0.717) is 23.2 Å². The Morgan fingerprint density at radius 3 is 2.53 bits per heavy atom. The summed E-state index contributed by atoms with van der Waals surface area (Å²) in [6, 6.07) is 9.92. The summed E-state index contributed by atoms with van der Waals surface area (Å²) in [5.74, 6) is -0.107. The van der Waals surface area contributed by atoms with Crippen molar-refractivity contribution < 1.29 is 27.5 Å². The number of thioether (sulfide) groups is 1. The molecule has 4 rings (SSSR count). The fraction of sp³-hybridized carbons (Fsp3) is 0.400. The zero-order chi connectivity index (χ0) is 25.9. The van der Waals surface area contributed by atoms with E-state index in [4.69, 9.17) is 16.3 Å². The summed E-state index contributed by atoms with van der Waals surface area (Å²) in [6.07, 6.45) is -1.07. The first-order valence-corrected chi connectivity index (χ1v) is 12.9. The number of carbonyl (C=O) groups excluding carboxylic acids is 2. The summed E-state index contributed by atoms with van der Waals surface area (Å²) >= 11 is 7.19. The van der Waals surface area contributed by atoms with Crippen molar-refractivity contribution in [1.29, 1.82) is 0 Å². The number of hydrogen-bond donors (Lipinski definition) is 1. The van der Waals surface area contributed by atoms with Crippen molar-refractivity contribution in [3.8, 4) is 5.75 Å². The molecule has 1 N–H and O–H groups in total. The maximum Gasteiger partial charge on any atom is 0.416 e. The normalized spacial score (nSPS) is 19.8. The molecule has 0 unspecified atom stereocenters. The van der Waals surface area contributed by atoms with Crippen LogP contribution < -0.4 is 10.1 Å². The van der Waals surface area contributed by atoms with E-state index < -0.39 is 22.9 Å². The molecule has 0 bridgehead atoms. The van der Waals surface area contributed by atoms with E-state index in [-0.39, 0.29) is 29.1 Å². The van der Waals surface area contributed by atoms with Gasteiger partial charge in [0.2, 0.25) is 11.8 Å². The fourth-order valence-electron chi connectivity index (χ4n) is 4.25. The molecule has 2 fully saturated rings. The molecule has 2 aromatic carbocycles. The number of hydrogen-bond acceptors (Lipinski definition) is 5. The number of halogens is 4. The largest absolute Gasteiger partial charge is 0.494 e. The van der Waals surface area contributed by atoms with Crippen LogP contribution in [0.3, 0.4) is 0 Å². The van der Waals surface area contributed by atoms with Gasteiger partial charge < -0.3 is 10.1 Å². The number of rotatable bonds is 7. The molecule has 1 aliphatic heterocycles. The topological polar surface area (TPSA) is 71.0 Å². The van der Waals surface area contributed by atoms with Crippen LogP contribution in [0.5, 0.6) is 5.75 Å². The molecule has 1 aliphatic carbocycles. The predicted octanol–water partition coefficient (Wildman–Crippen LogP) is 6.66. The number of amidine groups is 1. The van der Waals surface area contributed by atoms with E-state index in [1.54, 1.807) is 29.2 Å². The first-order chi connectivity index (χ1) is 17.2. The molecule has 192 valence electrons. The highest BCUT2D eigenvalue weighted by atomic mass is 35.5. The fourth-order valence-corrected chi connectivity index (χ4v) is 5.63. The Morgan fingerprint density at radius 1 is 1.19 bits per heavy atom.